The number of anilines is 1. The number of carbonyl (C=O) groups excluding carboxylic acids is 1. The Hall–Kier alpha value is -1.35. The Balaban J connectivity index is 1.94. The minimum Gasteiger partial charge on any atom is -0.316 e. The number of carbonyl (C=O) groups is 1. The first-order valence-corrected chi connectivity index (χ1v) is 7.12. The third-order valence-corrected chi connectivity index (χ3v) is 4.02. The monoisotopic (exact) mass is 260 g/mol. The smallest absolute Gasteiger partial charge is 0.226 e. The molecule has 2 rings (SSSR count). The number of aryl methyl sites for hydroxylation is 2. The van der Waals surface area contributed by atoms with E-state index in [-0.39, 0.29) is 5.91 Å². The van der Waals surface area contributed by atoms with E-state index in [2.05, 4.69) is 31.3 Å². The lowest BCUT2D eigenvalue weighted by molar-refractivity contribution is -0.118. The molecule has 1 aliphatic heterocycles. The van der Waals surface area contributed by atoms with Crippen LogP contribution in [0.3, 0.4) is 0 Å². The summed E-state index contributed by atoms with van der Waals surface area (Å²) in [6, 6.07) is 6.23. The van der Waals surface area contributed by atoms with Crippen molar-refractivity contribution in [2.45, 2.75) is 33.1 Å². The summed E-state index contributed by atoms with van der Waals surface area (Å²) in [5.41, 5.74) is 3.43. The van der Waals surface area contributed by atoms with Gasteiger partial charge in [-0.1, -0.05) is 17.7 Å². The molecular weight excluding hydrogens is 236 g/mol. The molecular formula is C16H24N2O. The van der Waals surface area contributed by atoms with E-state index in [4.69, 9.17) is 0 Å². The van der Waals surface area contributed by atoms with Crippen molar-refractivity contribution in [3.05, 3.63) is 29.3 Å². The van der Waals surface area contributed by atoms with Crippen LogP contribution in [-0.4, -0.2) is 26.0 Å². The van der Waals surface area contributed by atoms with Crippen LogP contribution in [0.4, 0.5) is 5.69 Å². The highest BCUT2D eigenvalue weighted by Gasteiger charge is 2.18. The van der Waals surface area contributed by atoms with Gasteiger partial charge in [0.2, 0.25) is 5.91 Å². The molecule has 1 aliphatic rings. The van der Waals surface area contributed by atoms with E-state index >= 15 is 0 Å². The Kier molecular flexibility index (Phi) is 4.59. The van der Waals surface area contributed by atoms with Gasteiger partial charge in [-0.05, 0) is 57.3 Å². The molecule has 0 aliphatic carbocycles. The van der Waals surface area contributed by atoms with Crippen molar-refractivity contribution in [3.63, 3.8) is 0 Å². The first kappa shape index (κ1) is 14.1. The van der Waals surface area contributed by atoms with Crippen LogP contribution in [-0.2, 0) is 4.79 Å². The second kappa shape index (κ2) is 6.20. The van der Waals surface area contributed by atoms with Gasteiger partial charge in [-0.2, -0.15) is 0 Å². The van der Waals surface area contributed by atoms with Crippen LogP contribution >= 0.6 is 0 Å². The highest BCUT2D eigenvalue weighted by Crippen LogP contribution is 2.22. The van der Waals surface area contributed by atoms with Gasteiger partial charge in [0, 0.05) is 19.2 Å². The highest BCUT2D eigenvalue weighted by atomic mass is 16.2. The molecule has 3 heteroatoms. The minimum absolute atomic E-state index is 0.221. The van der Waals surface area contributed by atoms with Gasteiger partial charge in [-0.3, -0.25) is 4.79 Å². The highest BCUT2D eigenvalue weighted by molar-refractivity contribution is 5.93. The molecule has 0 bridgehead atoms. The van der Waals surface area contributed by atoms with Crippen LogP contribution in [0.15, 0.2) is 18.2 Å². The normalized spacial score (nSPS) is 18.6. The van der Waals surface area contributed by atoms with Gasteiger partial charge in [0.25, 0.3) is 0 Å². The number of rotatable bonds is 4. The van der Waals surface area contributed by atoms with Gasteiger partial charge in [-0.15, -0.1) is 0 Å². The predicted octanol–water partition coefficient (Wildman–Crippen LogP) is 2.66. The van der Waals surface area contributed by atoms with Crippen LogP contribution in [0, 0.1) is 19.8 Å². The third-order valence-electron chi connectivity index (χ3n) is 4.02. The molecule has 0 aromatic heterocycles. The average Bonchev–Trinajstić information content (AvgIpc) is 2.88. The van der Waals surface area contributed by atoms with Gasteiger partial charge in [0.05, 0.1) is 0 Å². The molecule has 0 saturated carbocycles. The molecule has 1 saturated heterocycles. The summed E-state index contributed by atoms with van der Waals surface area (Å²) in [4.78, 5) is 14.0. The summed E-state index contributed by atoms with van der Waals surface area (Å²) in [5, 5.41) is 3.35. The zero-order valence-electron chi connectivity index (χ0n) is 12.2. The van der Waals surface area contributed by atoms with Crippen molar-refractivity contribution in [1.82, 2.24) is 5.32 Å². The molecule has 1 amide bonds. The lowest BCUT2D eigenvalue weighted by atomic mass is 10.0. The van der Waals surface area contributed by atoms with Crippen molar-refractivity contribution in [1.29, 1.82) is 0 Å². The molecule has 0 spiro atoms. The van der Waals surface area contributed by atoms with Crippen LogP contribution < -0.4 is 10.2 Å². The zero-order chi connectivity index (χ0) is 13.8. The third kappa shape index (κ3) is 3.57. The fraction of sp³-hybridized carbons (Fsp3) is 0.562. The number of amides is 1. The van der Waals surface area contributed by atoms with E-state index in [1.165, 1.54) is 17.5 Å². The average molecular weight is 260 g/mol. The first-order chi connectivity index (χ1) is 9.08. The molecule has 1 atom stereocenters. The summed E-state index contributed by atoms with van der Waals surface area (Å²) in [5.74, 6) is 0.898. The van der Waals surface area contributed by atoms with Gasteiger partial charge in [-0.25, -0.2) is 0 Å². The number of hydrogen-bond donors (Lipinski definition) is 1. The first-order valence-electron chi connectivity index (χ1n) is 7.12. The fourth-order valence-electron chi connectivity index (χ4n) is 2.77. The molecule has 1 unspecified atom stereocenters. The number of nitrogens with zero attached hydrogens (tertiary/aromatic N) is 1. The van der Waals surface area contributed by atoms with E-state index in [9.17, 15) is 4.79 Å². The second-order valence-corrected chi connectivity index (χ2v) is 5.64. The fourth-order valence-corrected chi connectivity index (χ4v) is 2.77. The summed E-state index contributed by atoms with van der Waals surface area (Å²) in [7, 11) is 1.88. The van der Waals surface area contributed by atoms with Crippen molar-refractivity contribution in [2.24, 2.45) is 5.92 Å². The van der Waals surface area contributed by atoms with Gasteiger partial charge < -0.3 is 10.2 Å². The molecule has 1 fully saturated rings. The molecule has 1 N–H and O–H groups in total. The summed E-state index contributed by atoms with van der Waals surface area (Å²) >= 11 is 0. The van der Waals surface area contributed by atoms with Gasteiger partial charge in [0.1, 0.15) is 0 Å². The van der Waals surface area contributed by atoms with Gasteiger partial charge >= 0.3 is 0 Å². The summed E-state index contributed by atoms with van der Waals surface area (Å²) in [6.07, 6.45) is 2.86. The Morgan fingerprint density at radius 3 is 2.84 bits per heavy atom. The topological polar surface area (TPSA) is 32.3 Å². The van der Waals surface area contributed by atoms with Crippen LogP contribution in [0.5, 0.6) is 0 Å². The molecule has 1 aromatic rings. The maximum atomic E-state index is 12.2. The molecule has 3 nitrogen and oxygen atoms in total. The Bertz CT molecular complexity index is 450. The van der Waals surface area contributed by atoms with E-state index in [0.717, 1.165) is 25.2 Å². The maximum Gasteiger partial charge on any atom is 0.226 e. The van der Waals surface area contributed by atoms with Crippen molar-refractivity contribution < 1.29 is 4.79 Å². The van der Waals surface area contributed by atoms with Crippen molar-refractivity contribution in [2.75, 3.05) is 25.0 Å². The standard InChI is InChI=1S/C16H24N2O/c1-12-4-6-15(13(2)10-12)18(3)16(19)7-5-14-8-9-17-11-14/h4,6,10,14,17H,5,7-9,11H2,1-3H3. The Morgan fingerprint density at radius 1 is 1.42 bits per heavy atom. The van der Waals surface area contributed by atoms with E-state index in [1.807, 2.05) is 13.1 Å². The quantitative estimate of drug-likeness (QED) is 0.902. The largest absolute Gasteiger partial charge is 0.316 e. The Labute approximate surface area is 116 Å². The number of benzene rings is 1. The summed E-state index contributed by atoms with van der Waals surface area (Å²) < 4.78 is 0. The van der Waals surface area contributed by atoms with E-state index < -0.39 is 0 Å². The lowest BCUT2D eigenvalue weighted by Gasteiger charge is -2.20. The molecule has 19 heavy (non-hydrogen) atoms. The van der Waals surface area contributed by atoms with Gasteiger partial charge in [0.15, 0.2) is 0 Å². The SMILES string of the molecule is Cc1ccc(N(C)C(=O)CCC2CCNC2)c(C)c1. The maximum absolute atomic E-state index is 12.2. The predicted molar refractivity (Wildman–Crippen MR) is 79.5 cm³/mol. The number of nitrogens with one attached hydrogen (secondary N) is 1. The molecule has 0 radical (unpaired) electrons. The van der Waals surface area contributed by atoms with Crippen LogP contribution in [0.1, 0.15) is 30.4 Å². The van der Waals surface area contributed by atoms with E-state index in [1.54, 1.807) is 4.90 Å². The van der Waals surface area contributed by atoms with E-state index in [0.29, 0.717) is 12.3 Å². The van der Waals surface area contributed by atoms with Crippen molar-refractivity contribution >= 4 is 11.6 Å². The number of hydrogen-bond acceptors (Lipinski definition) is 2. The van der Waals surface area contributed by atoms with Crippen LogP contribution in [0.25, 0.3) is 0 Å². The molecule has 1 aromatic carbocycles. The summed E-state index contributed by atoms with van der Waals surface area (Å²) in [6.45, 7) is 6.31. The minimum atomic E-state index is 0.221. The molecule has 1 heterocycles. The second-order valence-electron chi connectivity index (χ2n) is 5.64. The lowest BCUT2D eigenvalue weighted by Crippen LogP contribution is -2.27. The Morgan fingerprint density at radius 2 is 2.21 bits per heavy atom. The van der Waals surface area contributed by atoms with Crippen molar-refractivity contribution in [3.8, 4) is 0 Å². The zero-order valence-corrected chi connectivity index (χ0v) is 12.2. The van der Waals surface area contributed by atoms with Crippen LogP contribution in [0.2, 0.25) is 0 Å². The molecule has 104 valence electrons.